The van der Waals surface area contributed by atoms with E-state index in [9.17, 15) is 4.79 Å². The van der Waals surface area contributed by atoms with E-state index in [1.54, 1.807) is 18.5 Å². The quantitative estimate of drug-likeness (QED) is 0.855. The Labute approximate surface area is 99.2 Å². The molecule has 1 N–H and O–H groups in total. The third kappa shape index (κ3) is 2.90. The van der Waals surface area contributed by atoms with Crippen LogP contribution in [0.4, 0.5) is 5.69 Å². The second-order valence-corrected chi connectivity index (χ2v) is 3.60. The van der Waals surface area contributed by atoms with E-state index in [2.05, 4.69) is 15.3 Å². The van der Waals surface area contributed by atoms with Crippen molar-refractivity contribution in [2.24, 2.45) is 0 Å². The third-order valence-electron chi connectivity index (χ3n) is 2.31. The van der Waals surface area contributed by atoms with Crippen molar-refractivity contribution in [2.75, 3.05) is 11.9 Å². The molecule has 5 nitrogen and oxygen atoms in total. The molecule has 88 valence electrons. The highest BCUT2D eigenvalue weighted by Gasteiger charge is 2.00. The minimum atomic E-state index is -0.261. The van der Waals surface area contributed by atoms with Crippen LogP contribution in [0, 0.1) is 0 Å². The van der Waals surface area contributed by atoms with Gasteiger partial charge < -0.3 is 5.32 Å². The summed E-state index contributed by atoms with van der Waals surface area (Å²) in [5, 5.41) is 3.21. The Bertz CT molecular complexity index is 550. The Kier molecular flexibility index (Phi) is 3.49. The molecule has 0 fully saturated rings. The topological polar surface area (TPSA) is 59.8 Å². The van der Waals surface area contributed by atoms with Gasteiger partial charge in [-0.2, -0.15) is 0 Å². The molecule has 2 heterocycles. The molecule has 0 saturated heterocycles. The van der Waals surface area contributed by atoms with Crippen LogP contribution in [0.3, 0.4) is 0 Å². The van der Waals surface area contributed by atoms with Gasteiger partial charge in [0.2, 0.25) is 0 Å². The second kappa shape index (κ2) is 5.25. The smallest absolute Gasteiger partial charge is 0.347 e. The molecule has 0 aliphatic heterocycles. The van der Waals surface area contributed by atoms with Gasteiger partial charge in [0.1, 0.15) is 0 Å². The number of rotatable bonds is 4. The van der Waals surface area contributed by atoms with Crippen LogP contribution in [0.15, 0.2) is 41.6 Å². The molecule has 0 atom stereocenters. The Morgan fingerprint density at radius 3 is 3.00 bits per heavy atom. The molecule has 0 unspecified atom stereocenters. The first-order valence-corrected chi connectivity index (χ1v) is 5.50. The van der Waals surface area contributed by atoms with Crippen LogP contribution in [0.2, 0.25) is 0 Å². The molecule has 5 heteroatoms. The number of aromatic nitrogens is 3. The summed E-state index contributed by atoms with van der Waals surface area (Å²) in [5.74, 6) is 0. The van der Waals surface area contributed by atoms with Gasteiger partial charge in [0.15, 0.2) is 0 Å². The molecule has 2 rings (SSSR count). The molecule has 0 aromatic carbocycles. The zero-order chi connectivity index (χ0) is 12.1. The minimum Gasteiger partial charge on any atom is -0.385 e. The summed E-state index contributed by atoms with van der Waals surface area (Å²) in [6.45, 7) is 3.33. The minimum absolute atomic E-state index is 0.261. The Balaban J connectivity index is 2.21. The SMILES string of the molecule is CCNc1ccnc(Cn2cccnc2=O)c1. The summed E-state index contributed by atoms with van der Waals surface area (Å²) in [7, 11) is 0. The molecule has 0 bridgehead atoms. The lowest BCUT2D eigenvalue weighted by Gasteiger charge is -2.06. The van der Waals surface area contributed by atoms with Gasteiger partial charge in [0.25, 0.3) is 0 Å². The largest absolute Gasteiger partial charge is 0.385 e. The summed E-state index contributed by atoms with van der Waals surface area (Å²) in [4.78, 5) is 19.4. The normalized spacial score (nSPS) is 10.2. The maximum atomic E-state index is 11.4. The van der Waals surface area contributed by atoms with Gasteiger partial charge in [-0.3, -0.25) is 9.55 Å². The van der Waals surface area contributed by atoms with Gasteiger partial charge in [-0.15, -0.1) is 0 Å². The fourth-order valence-electron chi connectivity index (χ4n) is 1.56. The number of nitrogens with zero attached hydrogens (tertiary/aromatic N) is 3. The molecule has 2 aromatic rings. The highest BCUT2D eigenvalue weighted by molar-refractivity contribution is 5.42. The van der Waals surface area contributed by atoms with Gasteiger partial charge in [-0.25, -0.2) is 9.78 Å². The first-order valence-electron chi connectivity index (χ1n) is 5.50. The van der Waals surface area contributed by atoms with Gasteiger partial charge in [0.05, 0.1) is 12.2 Å². The van der Waals surface area contributed by atoms with Crippen LogP contribution < -0.4 is 11.0 Å². The number of pyridine rings is 1. The number of nitrogens with one attached hydrogen (secondary N) is 1. The fraction of sp³-hybridized carbons (Fsp3) is 0.250. The lowest BCUT2D eigenvalue weighted by Crippen LogP contribution is -2.22. The van der Waals surface area contributed by atoms with E-state index >= 15 is 0 Å². The van der Waals surface area contributed by atoms with Crippen LogP contribution in [0.25, 0.3) is 0 Å². The summed E-state index contributed by atoms with van der Waals surface area (Å²) in [5.41, 5.74) is 1.58. The van der Waals surface area contributed by atoms with Gasteiger partial charge in [-0.05, 0) is 25.1 Å². The van der Waals surface area contributed by atoms with Gasteiger partial charge in [0, 0.05) is 30.8 Å². The molecule has 17 heavy (non-hydrogen) atoms. The van der Waals surface area contributed by atoms with E-state index in [-0.39, 0.29) is 5.69 Å². The van der Waals surface area contributed by atoms with Crippen LogP contribution >= 0.6 is 0 Å². The van der Waals surface area contributed by atoms with Crippen molar-refractivity contribution >= 4 is 5.69 Å². The lowest BCUT2D eigenvalue weighted by molar-refractivity contribution is 0.711. The Morgan fingerprint density at radius 2 is 2.24 bits per heavy atom. The molecule has 0 saturated carbocycles. The summed E-state index contributed by atoms with van der Waals surface area (Å²) in [6, 6.07) is 5.57. The predicted molar refractivity (Wildman–Crippen MR) is 66.0 cm³/mol. The molecule has 0 aliphatic rings. The van der Waals surface area contributed by atoms with Crippen LogP contribution in [-0.4, -0.2) is 21.1 Å². The van der Waals surface area contributed by atoms with E-state index < -0.39 is 0 Å². The number of hydrogen-bond acceptors (Lipinski definition) is 4. The van der Waals surface area contributed by atoms with Crippen molar-refractivity contribution in [3.8, 4) is 0 Å². The van der Waals surface area contributed by atoms with Crippen LogP contribution in [0.5, 0.6) is 0 Å². The van der Waals surface area contributed by atoms with Gasteiger partial charge >= 0.3 is 5.69 Å². The summed E-state index contributed by atoms with van der Waals surface area (Å²) in [6.07, 6.45) is 4.92. The average molecular weight is 230 g/mol. The van der Waals surface area contributed by atoms with Crippen molar-refractivity contribution in [1.29, 1.82) is 0 Å². The number of hydrogen-bond donors (Lipinski definition) is 1. The lowest BCUT2D eigenvalue weighted by atomic mass is 10.3. The summed E-state index contributed by atoms with van der Waals surface area (Å²) < 4.78 is 1.53. The molecular formula is C12H14N4O. The first-order chi connectivity index (χ1) is 8.29. The molecular weight excluding hydrogens is 216 g/mol. The van der Waals surface area contributed by atoms with Gasteiger partial charge in [-0.1, -0.05) is 0 Å². The van der Waals surface area contributed by atoms with Crippen molar-refractivity contribution in [3.05, 3.63) is 53.0 Å². The zero-order valence-electron chi connectivity index (χ0n) is 9.63. The van der Waals surface area contributed by atoms with Crippen LogP contribution in [0.1, 0.15) is 12.6 Å². The van der Waals surface area contributed by atoms with Crippen molar-refractivity contribution in [1.82, 2.24) is 14.5 Å². The van der Waals surface area contributed by atoms with E-state index in [1.165, 1.54) is 10.8 Å². The zero-order valence-corrected chi connectivity index (χ0v) is 9.63. The fourth-order valence-corrected chi connectivity index (χ4v) is 1.56. The maximum Gasteiger partial charge on any atom is 0.347 e. The summed E-state index contributed by atoms with van der Waals surface area (Å²) >= 11 is 0. The monoisotopic (exact) mass is 230 g/mol. The third-order valence-corrected chi connectivity index (χ3v) is 2.31. The van der Waals surface area contributed by atoms with Crippen LogP contribution in [-0.2, 0) is 6.54 Å². The second-order valence-electron chi connectivity index (χ2n) is 3.60. The molecule has 2 aromatic heterocycles. The van der Waals surface area contributed by atoms with Crippen molar-refractivity contribution < 1.29 is 0 Å². The van der Waals surface area contributed by atoms with Crippen molar-refractivity contribution in [2.45, 2.75) is 13.5 Å². The van der Waals surface area contributed by atoms with E-state index in [0.29, 0.717) is 6.54 Å². The average Bonchev–Trinajstić information content (AvgIpc) is 2.33. The molecule has 0 amide bonds. The van der Waals surface area contributed by atoms with E-state index in [1.807, 2.05) is 19.1 Å². The Morgan fingerprint density at radius 1 is 1.35 bits per heavy atom. The first kappa shape index (κ1) is 11.3. The molecule has 0 aliphatic carbocycles. The standard InChI is InChI=1S/C12H14N4O/c1-2-13-10-4-6-14-11(8-10)9-16-7-3-5-15-12(16)17/h3-8H,2,9H2,1H3,(H,13,14). The maximum absolute atomic E-state index is 11.4. The number of anilines is 1. The molecule has 0 radical (unpaired) electrons. The predicted octanol–water partition coefficient (Wildman–Crippen LogP) is 1.12. The van der Waals surface area contributed by atoms with E-state index in [0.717, 1.165) is 17.9 Å². The Hall–Kier alpha value is -2.17. The molecule has 0 spiro atoms. The highest BCUT2D eigenvalue weighted by atomic mass is 16.1. The van der Waals surface area contributed by atoms with Crippen molar-refractivity contribution in [3.63, 3.8) is 0 Å². The van der Waals surface area contributed by atoms with E-state index in [4.69, 9.17) is 0 Å². The highest BCUT2D eigenvalue weighted by Crippen LogP contribution is 2.07.